The highest BCUT2D eigenvalue weighted by Crippen LogP contribution is 2.25. The molecule has 21 heavy (non-hydrogen) atoms. The van der Waals surface area contributed by atoms with Gasteiger partial charge in [-0.15, -0.1) is 0 Å². The van der Waals surface area contributed by atoms with Gasteiger partial charge in [-0.1, -0.05) is 35.9 Å². The summed E-state index contributed by atoms with van der Waals surface area (Å²) in [5.41, 5.74) is 4.09. The van der Waals surface area contributed by atoms with Crippen molar-refractivity contribution in [2.24, 2.45) is 5.14 Å². The van der Waals surface area contributed by atoms with Crippen molar-refractivity contribution in [2.75, 3.05) is 5.32 Å². The zero-order chi connectivity index (χ0) is 15.6. The maximum atomic E-state index is 11.4. The smallest absolute Gasteiger partial charge is 0.238 e. The summed E-state index contributed by atoms with van der Waals surface area (Å²) >= 11 is 0. The second-order valence-electron chi connectivity index (χ2n) is 5.30. The monoisotopic (exact) mass is 304 g/mol. The highest BCUT2D eigenvalue weighted by Gasteiger charge is 2.12. The van der Waals surface area contributed by atoms with Crippen LogP contribution in [0.3, 0.4) is 0 Å². The lowest BCUT2D eigenvalue weighted by Crippen LogP contribution is -2.13. The maximum absolute atomic E-state index is 11.4. The molecule has 0 saturated heterocycles. The van der Waals surface area contributed by atoms with Gasteiger partial charge in [-0.3, -0.25) is 0 Å². The predicted molar refractivity (Wildman–Crippen MR) is 85.8 cm³/mol. The van der Waals surface area contributed by atoms with E-state index in [0.717, 1.165) is 16.8 Å². The van der Waals surface area contributed by atoms with Crippen molar-refractivity contribution in [1.29, 1.82) is 0 Å². The molecular weight excluding hydrogens is 284 g/mol. The normalized spacial score (nSPS) is 13.0. The molecule has 0 aliphatic carbocycles. The Morgan fingerprint density at radius 1 is 1.10 bits per heavy atom. The lowest BCUT2D eigenvalue weighted by Gasteiger charge is -2.18. The van der Waals surface area contributed by atoms with Gasteiger partial charge in [-0.25, -0.2) is 13.6 Å². The molecule has 2 aromatic rings. The predicted octanol–water partition coefficient (Wildman–Crippen LogP) is 3.12. The van der Waals surface area contributed by atoms with Crippen molar-refractivity contribution in [3.8, 4) is 0 Å². The minimum Gasteiger partial charge on any atom is -0.378 e. The van der Waals surface area contributed by atoms with E-state index in [1.165, 1.54) is 11.6 Å². The number of rotatable bonds is 4. The Labute approximate surface area is 126 Å². The first-order valence-corrected chi connectivity index (χ1v) is 8.28. The van der Waals surface area contributed by atoms with Crippen LogP contribution >= 0.6 is 0 Å². The van der Waals surface area contributed by atoms with E-state index >= 15 is 0 Å². The SMILES string of the molecule is Cc1cccc(C(C)Nc2cc(S(N)(=O)=O)ccc2C)c1. The summed E-state index contributed by atoms with van der Waals surface area (Å²) in [6, 6.07) is 13.1. The summed E-state index contributed by atoms with van der Waals surface area (Å²) in [5.74, 6) is 0. The molecule has 0 heterocycles. The number of nitrogens with one attached hydrogen (secondary N) is 1. The van der Waals surface area contributed by atoms with Gasteiger partial charge in [-0.2, -0.15) is 0 Å². The van der Waals surface area contributed by atoms with Crippen LogP contribution in [0.2, 0.25) is 0 Å². The van der Waals surface area contributed by atoms with Crippen LogP contribution < -0.4 is 10.5 Å². The van der Waals surface area contributed by atoms with Crippen LogP contribution in [0.1, 0.15) is 29.7 Å². The number of hydrogen-bond donors (Lipinski definition) is 2. The van der Waals surface area contributed by atoms with Crippen molar-refractivity contribution in [3.05, 3.63) is 59.2 Å². The lowest BCUT2D eigenvalue weighted by atomic mass is 10.0. The van der Waals surface area contributed by atoms with Gasteiger partial charge in [0, 0.05) is 11.7 Å². The Morgan fingerprint density at radius 2 is 1.81 bits per heavy atom. The Bertz CT molecular complexity index is 755. The van der Waals surface area contributed by atoms with E-state index in [4.69, 9.17) is 5.14 Å². The first-order valence-electron chi connectivity index (χ1n) is 6.74. The molecule has 2 aromatic carbocycles. The molecule has 1 unspecified atom stereocenters. The number of benzene rings is 2. The fraction of sp³-hybridized carbons (Fsp3) is 0.250. The van der Waals surface area contributed by atoms with Gasteiger partial charge >= 0.3 is 0 Å². The zero-order valence-corrected chi connectivity index (χ0v) is 13.2. The van der Waals surface area contributed by atoms with Crippen LogP contribution in [0.25, 0.3) is 0 Å². The molecule has 0 aromatic heterocycles. The molecular formula is C16H20N2O2S. The lowest BCUT2D eigenvalue weighted by molar-refractivity contribution is 0.598. The van der Waals surface area contributed by atoms with Crippen LogP contribution in [0, 0.1) is 13.8 Å². The molecule has 0 aliphatic rings. The molecule has 0 fully saturated rings. The van der Waals surface area contributed by atoms with Crippen LogP contribution in [0.4, 0.5) is 5.69 Å². The fourth-order valence-electron chi connectivity index (χ4n) is 2.19. The standard InChI is InChI=1S/C16H20N2O2S/c1-11-5-4-6-14(9-11)13(3)18-16-10-15(21(17,19)20)8-7-12(16)2/h4-10,13,18H,1-3H3,(H2,17,19,20). The van der Waals surface area contributed by atoms with Gasteiger partial charge in [0.05, 0.1) is 4.90 Å². The van der Waals surface area contributed by atoms with Gasteiger partial charge in [0.1, 0.15) is 0 Å². The zero-order valence-electron chi connectivity index (χ0n) is 12.4. The van der Waals surface area contributed by atoms with E-state index in [0.29, 0.717) is 0 Å². The van der Waals surface area contributed by atoms with Gasteiger partial charge < -0.3 is 5.32 Å². The molecule has 0 amide bonds. The fourth-order valence-corrected chi connectivity index (χ4v) is 2.73. The Balaban J connectivity index is 2.31. The van der Waals surface area contributed by atoms with Gasteiger partial charge in [-0.05, 0) is 44.0 Å². The highest BCUT2D eigenvalue weighted by atomic mass is 32.2. The van der Waals surface area contributed by atoms with Crippen molar-refractivity contribution in [3.63, 3.8) is 0 Å². The topological polar surface area (TPSA) is 72.2 Å². The van der Waals surface area contributed by atoms with Gasteiger partial charge in [0.15, 0.2) is 0 Å². The molecule has 0 spiro atoms. The van der Waals surface area contributed by atoms with Gasteiger partial charge in [0.25, 0.3) is 0 Å². The highest BCUT2D eigenvalue weighted by molar-refractivity contribution is 7.89. The Kier molecular flexibility index (Phi) is 4.34. The molecule has 4 nitrogen and oxygen atoms in total. The van der Waals surface area contributed by atoms with E-state index in [-0.39, 0.29) is 10.9 Å². The van der Waals surface area contributed by atoms with E-state index < -0.39 is 10.0 Å². The third kappa shape index (κ3) is 3.83. The van der Waals surface area contributed by atoms with Crippen molar-refractivity contribution in [1.82, 2.24) is 0 Å². The number of primary sulfonamides is 1. The second-order valence-corrected chi connectivity index (χ2v) is 6.86. The Morgan fingerprint density at radius 3 is 2.43 bits per heavy atom. The van der Waals surface area contributed by atoms with E-state index in [1.54, 1.807) is 12.1 Å². The number of hydrogen-bond acceptors (Lipinski definition) is 3. The minimum absolute atomic E-state index is 0.0688. The molecule has 3 N–H and O–H groups in total. The summed E-state index contributed by atoms with van der Waals surface area (Å²) in [5, 5.41) is 8.53. The Hall–Kier alpha value is -1.85. The van der Waals surface area contributed by atoms with Gasteiger partial charge in [0.2, 0.25) is 10.0 Å². The van der Waals surface area contributed by atoms with Crippen molar-refractivity contribution in [2.45, 2.75) is 31.7 Å². The van der Waals surface area contributed by atoms with Crippen molar-refractivity contribution >= 4 is 15.7 Å². The molecule has 112 valence electrons. The maximum Gasteiger partial charge on any atom is 0.238 e. The third-order valence-electron chi connectivity index (χ3n) is 3.45. The number of anilines is 1. The van der Waals surface area contributed by atoms with E-state index in [2.05, 4.69) is 11.4 Å². The third-order valence-corrected chi connectivity index (χ3v) is 4.36. The van der Waals surface area contributed by atoms with Crippen LogP contribution in [-0.2, 0) is 10.0 Å². The van der Waals surface area contributed by atoms with E-state index in [1.807, 2.05) is 39.0 Å². The number of nitrogens with two attached hydrogens (primary N) is 1. The average Bonchev–Trinajstić information content (AvgIpc) is 2.40. The summed E-state index contributed by atoms with van der Waals surface area (Å²) in [4.78, 5) is 0.118. The molecule has 1 atom stereocenters. The molecule has 0 radical (unpaired) electrons. The summed E-state index contributed by atoms with van der Waals surface area (Å²) < 4.78 is 22.9. The summed E-state index contributed by atoms with van der Waals surface area (Å²) in [6.45, 7) is 6.01. The first kappa shape index (κ1) is 15.5. The average molecular weight is 304 g/mol. The summed E-state index contributed by atoms with van der Waals surface area (Å²) in [6.07, 6.45) is 0. The molecule has 0 bridgehead atoms. The molecule has 0 saturated carbocycles. The second kappa shape index (κ2) is 5.87. The molecule has 2 rings (SSSR count). The molecule has 0 aliphatic heterocycles. The van der Waals surface area contributed by atoms with E-state index in [9.17, 15) is 8.42 Å². The molecule has 5 heteroatoms. The first-order chi connectivity index (χ1) is 9.77. The largest absolute Gasteiger partial charge is 0.378 e. The number of sulfonamides is 1. The number of aryl methyl sites for hydroxylation is 2. The van der Waals surface area contributed by atoms with Crippen LogP contribution in [0.5, 0.6) is 0 Å². The quantitative estimate of drug-likeness (QED) is 0.911. The van der Waals surface area contributed by atoms with Crippen LogP contribution in [0.15, 0.2) is 47.4 Å². The van der Waals surface area contributed by atoms with Crippen LogP contribution in [-0.4, -0.2) is 8.42 Å². The van der Waals surface area contributed by atoms with Crippen molar-refractivity contribution < 1.29 is 8.42 Å². The minimum atomic E-state index is -3.69. The summed E-state index contributed by atoms with van der Waals surface area (Å²) in [7, 11) is -3.69.